The summed E-state index contributed by atoms with van der Waals surface area (Å²) >= 11 is 0. The molecule has 74 valence electrons. The van der Waals surface area contributed by atoms with E-state index in [0.29, 0.717) is 19.4 Å². The average molecular weight is 186 g/mol. The zero-order chi connectivity index (χ0) is 9.84. The molecule has 5 nitrogen and oxygen atoms in total. The van der Waals surface area contributed by atoms with Gasteiger partial charge < -0.3 is 15.7 Å². The Morgan fingerprint density at radius 3 is 2.54 bits per heavy atom. The molecule has 0 aromatic rings. The second-order valence-corrected chi connectivity index (χ2v) is 3.21. The average Bonchev–Trinajstić information content (AvgIpc) is 1.95. The van der Waals surface area contributed by atoms with Crippen LogP contribution in [0.25, 0.3) is 0 Å². The van der Waals surface area contributed by atoms with Gasteiger partial charge in [-0.3, -0.25) is 4.79 Å². The van der Waals surface area contributed by atoms with Crippen LogP contribution in [0.15, 0.2) is 0 Å². The highest BCUT2D eigenvalue weighted by atomic mass is 16.4. The number of hydrogen-bond donors (Lipinski definition) is 3. The third kappa shape index (κ3) is 2.61. The molecule has 2 amide bonds. The molecule has 0 saturated heterocycles. The number of rotatable bonds is 3. The molecule has 5 heteroatoms. The van der Waals surface area contributed by atoms with Crippen LogP contribution in [0, 0.1) is 5.92 Å². The van der Waals surface area contributed by atoms with Gasteiger partial charge in [0.1, 0.15) is 0 Å². The maximum atomic E-state index is 11.2. The van der Waals surface area contributed by atoms with Crippen LogP contribution in [0.1, 0.15) is 19.8 Å². The molecule has 1 aliphatic carbocycles. The fourth-order valence-electron chi connectivity index (χ4n) is 1.44. The summed E-state index contributed by atoms with van der Waals surface area (Å²) in [6, 6.07) is -0.0369. The van der Waals surface area contributed by atoms with E-state index in [1.807, 2.05) is 6.92 Å². The van der Waals surface area contributed by atoms with Crippen LogP contribution in [0.2, 0.25) is 0 Å². The van der Waals surface area contributed by atoms with E-state index in [9.17, 15) is 9.59 Å². The molecule has 0 atom stereocenters. The van der Waals surface area contributed by atoms with Crippen molar-refractivity contribution in [2.45, 2.75) is 25.8 Å². The zero-order valence-corrected chi connectivity index (χ0v) is 7.54. The maximum absolute atomic E-state index is 11.2. The van der Waals surface area contributed by atoms with Crippen LogP contribution in [0.3, 0.4) is 0 Å². The summed E-state index contributed by atoms with van der Waals surface area (Å²) in [5.74, 6) is 0.0303. The summed E-state index contributed by atoms with van der Waals surface area (Å²) in [6.45, 7) is 2.50. The van der Waals surface area contributed by atoms with Gasteiger partial charge in [0.05, 0.1) is 0 Å². The van der Waals surface area contributed by atoms with E-state index in [2.05, 4.69) is 10.6 Å². The van der Waals surface area contributed by atoms with Gasteiger partial charge in [-0.05, 0) is 19.8 Å². The second kappa shape index (κ2) is 4.11. The lowest BCUT2D eigenvalue weighted by molar-refractivity contribution is -0.128. The van der Waals surface area contributed by atoms with Gasteiger partial charge in [0.15, 0.2) is 0 Å². The fourth-order valence-corrected chi connectivity index (χ4v) is 1.44. The predicted molar refractivity (Wildman–Crippen MR) is 46.4 cm³/mol. The first-order valence-electron chi connectivity index (χ1n) is 4.40. The van der Waals surface area contributed by atoms with Crippen LogP contribution >= 0.6 is 0 Å². The van der Waals surface area contributed by atoms with Crippen molar-refractivity contribution in [2.24, 2.45) is 5.92 Å². The largest absolute Gasteiger partial charge is 0.465 e. The van der Waals surface area contributed by atoms with Crippen LogP contribution < -0.4 is 10.6 Å². The van der Waals surface area contributed by atoms with Gasteiger partial charge in [-0.15, -0.1) is 0 Å². The highest BCUT2D eigenvalue weighted by molar-refractivity contribution is 5.80. The zero-order valence-electron chi connectivity index (χ0n) is 7.54. The highest BCUT2D eigenvalue weighted by Gasteiger charge is 2.34. The van der Waals surface area contributed by atoms with Crippen LogP contribution in [-0.4, -0.2) is 29.7 Å². The number of hydrogen-bond acceptors (Lipinski definition) is 2. The quantitative estimate of drug-likeness (QED) is 0.587. The lowest BCUT2D eigenvalue weighted by Crippen LogP contribution is -2.49. The summed E-state index contributed by atoms with van der Waals surface area (Å²) < 4.78 is 0. The first-order chi connectivity index (χ1) is 6.13. The molecule has 0 spiro atoms. The molecule has 1 aliphatic rings. The van der Waals surface area contributed by atoms with Crippen LogP contribution in [-0.2, 0) is 4.79 Å². The molecule has 1 rings (SSSR count). The van der Waals surface area contributed by atoms with Crippen molar-refractivity contribution in [3.63, 3.8) is 0 Å². The molecule has 0 aromatic carbocycles. The van der Waals surface area contributed by atoms with Crippen molar-refractivity contribution >= 4 is 12.0 Å². The predicted octanol–water partition coefficient (Wildman–Crippen LogP) is 0.169. The molecule has 0 unspecified atom stereocenters. The number of carbonyl (C=O) groups excluding carboxylic acids is 1. The Bertz CT molecular complexity index is 211. The van der Waals surface area contributed by atoms with Gasteiger partial charge in [0.25, 0.3) is 0 Å². The Morgan fingerprint density at radius 2 is 2.08 bits per heavy atom. The molecule has 0 bridgehead atoms. The first kappa shape index (κ1) is 9.83. The van der Waals surface area contributed by atoms with Gasteiger partial charge in [-0.2, -0.15) is 0 Å². The van der Waals surface area contributed by atoms with E-state index in [4.69, 9.17) is 5.11 Å². The minimum absolute atomic E-state index is 0.00296. The SMILES string of the molecule is CCNC(=O)C1CC(NC(=O)O)C1. The Hall–Kier alpha value is -1.26. The third-order valence-electron chi connectivity index (χ3n) is 2.19. The Kier molecular flexibility index (Phi) is 3.11. The minimum atomic E-state index is -1.01. The summed E-state index contributed by atoms with van der Waals surface area (Å²) in [4.78, 5) is 21.4. The number of carbonyl (C=O) groups is 2. The summed E-state index contributed by atoms with van der Waals surface area (Å²) in [5, 5.41) is 13.4. The van der Waals surface area contributed by atoms with Gasteiger partial charge in [-0.25, -0.2) is 4.79 Å². The van der Waals surface area contributed by atoms with Crippen molar-refractivity contribution in [2.75, 3.05) is 6.54 Å². The second-order valence-electron chi connectivity index (χ2n) is 3.21. The summed E-state index contributed by atoms with van der Waals surface area (Å²) in [5.41, 5.74) is 0. The lowest BCUT2D eigenvalue weighted by Gasteiger charge is -2.33. The Labute approximate surface area is 76.5 Å². The van der Waals surface area contributed by atoms with Gasteiger partial charge >= 0.3 is 6.09 Å². The number of nitrogens with one attached hydrogen (secondary N) is 2. The standard InChI is InChI=1S/C8H14N2O3/c1-2-9-7(11)5-3-6(4-5)10-8(12)13/h5-6,10H,2-4H2,1H3,(H,9,11)(H,12,13). The molecule has 1 fully saturated rings. The van der Waals surface area contributed by atoms with Crippen molar-refractivity contribution in [3.8, 4) is 0 Å². The summed E-state index contributed by atoms with van der Waals surface area (Å²) in [6.07, 6.45) is 0.232. The van der Waals surface area contributed by atoms with Crippen molar-refractivity contribution in [1.29, 1.82) is 0 Å². The topological polar surface area (TPSA) is 78.4 Å². The maximum Gasteiger partial charge on any atom is 0.404 e. The smallest absolute Gasteiger partial charge is 0.404 e. The first-order valence-corrected chi connectivity index (χ1v) is 4.40. The molecule has 0 radical (unpaired) electrons. The van der Waals surface area contributed by atoms with Crippen molar-refractivity contribution in [1.82, 2.24) is 10.6 Å². The van der Waals surface area contributed by atoms with E-state index >= 15 is 0 Å². The fraction of sp³-hybridized carbons (Fsp3) is 0.750. The van der Waals surface area contributed by atoms with Gasteiger partial charge in [-0.1, -0.05) is 0 Å². The number of carboxylic acid groups (broad SMARTS) is 1. The molecule has 3 N–H and O–H groups in total. The molecule has 0 aromatic heterocycles. The van der Waals surface area contributed by atoms with Crippen LogP contribution in [0.4, 0.5) is 4.79 Å². The van der Waals surface area contributed by atoms with Crippen LogP contribution in [0.5, 0.6) is 0 Å². The lowest BCUT2D eigenvalue weighted by atomic mass is 9.80. The Morgan fingerprint density at radius 1 is 1.46 bits per heavy atom. The van der Waals surface area contributed by atoms with Gasteiger partial charge in [0, 0.05) is 18.5 Å². The molecular formula is C8H14N2O3. The van der Waals surface area contributed by atoms with Crippen molar-refractivity contribution < 1.29 is 14.7 Å². The third-order valence-corrected chi connectivity index (χ3v) is 2.19. The highest BCUT2D eigenvalue weighted by Crippen LogP contribution is 2.27. The van der Waals surface area contributed by atoms with Gasteiger partial charge in [0.2, 0.25) is 5.91 Å². The number of amides is 2. The van der Waals surface area contributed by atoms with E-state index in [1.54, 1.807) is 0 Å². The molecular weight excluding hydrogens is 172 g/mol. The minimum Gasteiger partial charge on any atom is -0.465 e. The van der Waals surface area contributed by atoms with E-state index in [0.717, 1.165) is 0 Å². The molecule has 0 aliphatic heterocycles. The normalized spacial score (nSPS) is 25.9. The Balaban J connectivity index is 2.17. The van der Waals surface area contributed by atoms with Crippen molar-refractivity contribution in [3.05, 3.63) is 0 Å². The molecule has 13 heavy (non-hydrogen) atoms. The van der Waals surface area contributed by atoms with E-state index < -0.39 is 6.09 Å². The van der Waals surface area contributed by atoms with E-state index in [-0.39, 0.29) is 17.9 Å². The molecule has 1 saturated carbocycles. The summed E-state index contributed by atoms with van der Waals surface area (Å²) in [7, 11) is 0. The molecule has 0 heterocycles. The monoisotopic (exact) mass is 186 g/mol. The van der Waals surface area contributed by atoms with E-state index in [1.165, 1.54) is 0 Å².